The number of rotatable bonds is 9. The molecule has 0 saturated carbocycles. The first-order valence-electron chi connectivity index (χ1n) is 9.98. The molecule has 3 N–H and O–H groups in total. The van der Waals surface area contributed by atoms with E-state index in [9.17, 15) is 14.4 Å². The largest absolute Gasteiger partial charge is 0.508 e. The number of carboxylic acid groups (broad SMARTS) is 1. The Labute approximate surface area is 186 Å². The first kappa shape index (κ1) is 26.2. The molecule has 1 unspecified atom stereocenters. The molecule has 0 amide bonds. The predicted octanol–water partition coefficient (Wildman–Crippen LogP) is 3.25. The van der Waals surface area contributed by atoms with E-state index in [1.165, 1.54) is 12.1 Å². The van der Waals surface area contributed by atoms with E-state index in [2.05, 4.69) is 6.58 Å². The molecule has 0 fully saturated rings. The van der Waals surface area contributed by atoms with Gasteiger partial charge in [0.15, 0.2) is 5.92 Å². The van der Waals surface area contributed by atoms with Crippen LogP contribution < -0.4 is 0 Å². The van der Waals surface area contributed by atoms with Crippen LogP contribution in [0.25, 0.3) is 0 Å². The maximum absolute atomic E-state index is 11.4. The van der Waals surface area contributed by atoms with Gasteiger partial charge in [-0.15, -0.1) is 0 Å². The Morgan fingerprint density at radius 3 is 1.75 bits per heavy atom. The standard InChI is InChI=1S/C12H14O5.C12H14O3/c1-2-17-12(16)10(11(14)15)7-8-3-5-9(13)6-4-8;1-3-15-12(14)9(2)8-10-4-6-11(13)7-5-10/h3-6,10,13H,2,7H2,1H3,(H,14,15);4-7,13H,2-3,8H2,1H3. The third-order valence-corrected chi connectivity index (χ3v) is 4.16. The van der Waals surface area contributed by atoms with Gasteiger partial charge in [-0.05, 0) is 55.7 Å². The van der Waals surface area contributed by atoms with Crippen LogP contribution in [-0.2, 0) is 36.7 Å². The molecule has 0 saturated heterocycles. The highest BCUT2D eigenvalue weighted by Gasteiger charge is 2.27. The van der Waals surface area contributed by atoms with E-state index in [0.717, 1.165) is 5.56 Å². The number of hydrogen-bond acceptors (Lipinski definition) is 7. The van der Waals surface area contributed by atoms with Gasteiger partial charge in [0.25, 0.3) is 0 Å². The lowest BCUT2D eigenvalue weighted by Gasteiger charge is -2.11. The fourth-order valence-electron chi connectivity index (χ4n) is 2.55. The third-order valence-electron chi connectivity index (χ3n) is 4.16. The lowest BCUT2D eigenvalue weighted by atomic mass is 9.99. The van der Waals surface area contributed by atoms with Crippen LogP contribution in [0.2, 0.25) is 0 Å². The van der Waals surface area contributed by atoms with Crippen LogP contribution in [0.5, 0.6) is 11.5 Å². The molecular formula is C24H28O8. The van der Waals surface area contributed by atoms with Crippen LogP contribution in [0.3, 0.4) is 0 Å². The SMILES string of the molecule is C=C(Cc1ccc(O)cc1)C(=O)OCC.CCOC(=O)C(Cc1ccc(O)cc1)C(=O)O. The van der Waals surface area contributed by atoms with E-state index in [4.69, 9.17) is 24.8 Å². The fourth-order valence-corrected chi connectivity index (χ4v) is 2.55. The molecule has 2 aromatic rings. The molecule has 0 aliphatic rings. The maximum Gasteiger partial charge on any atom is 0.333 e. The smallest absolute Gasteiger partial charge is 0.333 e. The number of phenols is 2. The van der Waals surface area contributed by atoms with Gasteiger partial charge in [0.05, 0.1) is 13.2 Å². The summed E-state index contributed by atoms with van der Waals surface area (Å²) >= 11 is 0. The summed E-state index contributed by atoms with van der Waals surface area (Å²) in [6.07, 6.45) is 0.494. The molecule has 8 heteroatoms. The number of benzene rings is 2. The first-order valence-corrected chi connectivity index (χ1v) is 9.98. The normalized spacial score (nSPS) is 10.8. The van der Waals surface area contributed by atoms with Crippen molar-refractivity contribution in [3.8, 4) is 11.5 Å². The predicted molar refractivity (Wildman–Crippen MR) is 117 cm³/mol. The summed E-state index contributed by atoms with van der Waals surface area (Å²) in [7, 11) is 0. The highest BCUT2D eigenvalue weighted by Crippen LogP contribution is 2.15. The Morgan fingerprint density at radius 2 is 1.31 bits per heavy atom. The summed E-state index contributed by atoms with van der Waals surface area (Å²) in [5, 5.41) is 27.1. The van der Waals surface area contributed by atoms with E-state index in [1.807, 2.05) is 0 Å². The van der Waals surface area contributed by atoms with Crippen LogP contribution in [0.4, 0.5) is 0 Å². The van der Waals surface area contributed by atoms with Crippen molar-refractivity contribution >= 4 is 17.9 Å². The van der Waals surface area contributed by atoms with Crippen molar-refractivity contribution in [1.29, 1.82) is 0 Å². The Bertz CT molecular complexity index is 901. The number of carbonyl (C=O) groups excluding carboxylic acids is 2. The summed E-state index contributed by atoms with van der Waals surface area (Å²) in [6.45, 7) is 7.54. The summed E-state index contributed by atoms with van der Waals surface area (Å²) in [4.78, 5) is 33.6. The van der Waals surface area contributed by atoms with Gasteiger partial charge in [0.2, 0.25) is 0 Å². The van der Waals surface area contributed by atoms with Crippen molar-refractivity contribution in [1.82, 2.24) is 0 Å². The number of hydrogen-bond donors (Lipinski definition) is 3. The second kappa shape index (κ2) is 13.5. The number of esters is 2. The van der Waals surface area contributed by atoms with Crippen LogP contribution in [0, 0.1) is 5.92 Å². The van der Waals surface area contributed by atoms with Crippen LogP contribution in [0.1, 0.15) is 25.0 Å². The fraction of sp³-hybridized carbons (Fsp3) is 0.292. The molecule has 0 aliphatic heterocycles. The molecular weight excluding hydrogens is 416 g/mol. The number of ether oxygens (including phenoxy) is 2. The van der Waals surface area contributed by atoms with Crippen molar-refractivity contribution in [3.63, 3.8) is 0 Å². The van der Waals surface area contributed by atoms with E-state index in [0.29, 0.717) is 24.2 Å². The number of carbonyl (C=O) groups is 3. The number of aliphatic carboxylic acids is 1. The third kappa shape index (κ3) is 9.34. The highest BCUT2D eigenvalue weighted by atomic mass is 16.5. The Hall–Kier alpha value is -3.81. The van der Waals surface area contributed by atoms with Gasteiger partial charge in [-0.1, -0.05) is 30.8 Å². The Kier molecular flexibility index (Phi) is 11.1. The Balaban J connectivity index is 0.000000323. The lowest BCUT2D eigenvalue weighted by molar-refractivity contribution is -0.158. The first-order chi connectivity index (χ1) is 15.2. The maximum atomic E-state index is 11.4. The molecule has 0 bridgehead atoms. The molecule has 0 aromatic heterocycles. The van der Waals surface area contributed by atoms with Gasteiger partial charge >= 0.3 is 17.9 Å². The van der Waals surface area contributed by atoms with Gasteiger partial charge in [-0.25, -0.2) is 4.79 Å². The van der Waals surface area contributed by atoms with Crippen LogP contribution in [-0.4, -0.2) is 46.4 Å². The van der Waals surface area contributed by atoms with Crippen molar-refractivity contribution in [2.45, 2.75) is 26.7 Å². The summed E-state index contributed by atoms with van der Waals surface area (Å²) in [6, 6.07) is 12.7. The van der Waals surface area contributed by atoms with E-state index in [1.54, 1.807) is 50.2 Å². The van der Waals surface area contributed by atoms with E-state index < -0.39 is 17.9 Å². The highest BCUT2D eigenvalue weighted by molar-refractivity contribution is 5.94. The minimum Gasteiger partial charge on any atom is -0.508 e. The number of phenolic OH excluding ortho intramolecular Hbond substituents is 2. The van der Waals surface area contributed by atoms with E-state index >= 15 is 0 Å². The average Bonchev–Trinajstić information content (AvgIpc) is 2.75. The van der Waals surface area contributed by atoms with Crippen molar-refractivity contribution in [3.05, 3.63) is 71.8 Å². The minimum absolute atomic E-state index is 0.0500. The summed E-state index contributed by atoms with van der Waals surface area (Å²) in [5.41, 5.74) is 2.00. The number of aromatic hydroxyl groups is 2. The molecule has 2 rings (SSSR count). The van der Waals surface area contributed by atoms with Crippen LogP contribution in [0.15, 0.2) is 60.7 Å². The number of carboxylic acids is 1. The minimum atomic E-state index is -1.21. The second-order valence-electron chi connectivity index (χ2n) is 6.68. The molecule has 0 radical (unpaired) electrons. The summed E-state index contributed by atoms with van der Waals surface area (Å²) < 4.78 is 9.50. The van der Waals surface area contributed by atoms with Gasteiger partial charge in [-0.3, -0.25) is 9.59 Å². The monoisotopic (exact) mass is 444 g/mol. The quantitative estimate of drug-likeness (QED) is 0.305. The zero-order valence-corrected chi connectivity index (χ0v) is 18.1. The molecule has 2 aromatic carbocycles. The topological polar surface area (TPSA) is 130 Å². The molecule has 0 heterocycles. The van der Waals surface area contributed by atoms with Gasteiger partial charge in [0.1, 0.15) is 11.5 Å². The van der Waals surface area contributed by atoms with Crippen molar-refractivity contribution < 1.29 is 39.2 Å². The van der Waals surface area contributed by atoms with Gasteiger partial charge in [-0.2, -0.15) is 0 Å². The molecule has 0 spiro atoms. The second-order valence-corrected chi connectivity index (χ2v) is 6.68. The van der Waals surface area contributed by atoms with Crippen molar-refractivity contribution in [2.24, 2.45) is 5.92 Å². The lowest BCUT2D eigenvalue weighted by Crippen LogP contribution is -2.27. The Morgan fingerprint density at radius 1 is 0.844 bits per heavy atom. The van der Waals surface area contributed by atoms with E-state index in [-0.39, 0.29) is 30.5 Å². The zero-order chi connectivity index (χ0) is 24.1. The average molecular weight is 444 g/mol. The zero-order valence-electron chi connectivity index (χ0n) is 18.1. The molecule has 172 valence electrons. The summed E-state index contributed by atoms with van der Waals surface area (Å²) in [5.74, 6) is -3.23. The molecule has 32 heavy (non-hydrogen) atoms. The van der Waals surface area contributed by atoms with Gasteiger partial charge < -0.3 is 24.8 Å². The molecule has 1 atom stereocenters. The van der Waals surface area contributed by atoms with Crippen LogP contribution >= 0.6 is 0 Å². The molecule has 8 nitrogen and oxygen atoms in total. The van der Waals surface area contributed by atoms with Crippen molar-refractivity contribution in [2.75, 3.05) is 13.2 Å². The molecule has 0 aliphatic carbocycles. The van der Waals surface area contributed by atoms with Gasteiger partial charge in [0, 0.05) is 12.0 Å².